The fraction of sp³-hybridized carbons (Fsp3) is 0.971. The second-order valence-corrected chi connectivity index (χ2v) is 24.2. The van der Waals surface area contributed by atoms with Crippen LogP contribution in [0.15, 0.2) is 0 Å². The van der Waals surface area contributed by atoms with Crippen LogP contribution in [0.3, 0.4) is 0 Å². The zero-order valence-electron chi connectivity index (χ0n) is 51.3. The Morgan fingerprint density at radius 3 is 0.813 bits per heavy atom. The minimum absolute atomic E-state index is 0.0198. The molecule has 0 radical (unpaired) electrons. The van der Waals surface area contributed by atoms with E-state index in [9.17, 15) is 19.8 Å². The largest absolute Gasteiger partial charge is 0.466 e. The number of unbranched alkanes of at least 4 members (excludes halogenated alkanes) is 55. The van der Waals surface area contributed by atoms with Crippen molar-refractivity contribution in [3.05, 3.63) is 0 Å². The number of nitrogens with one attached hydrogen (secondary N) is 1. The van der Waals surface area contributed by atoms with Crippen LogP contribution in [0.25, 0.3) is 0 Å². The Labute approximate surface area is 470 Å². The number of aliphatic hydroxyl groups is 2. The predicted molar refractivity (Wildman–Crippen MR) is 329 cm³/mol. The van der Waals surface area contributed by atoms with E-state index < -0.39 is 12.1 Å². The lowest BCUT2D eigenvalue weighted by atomic mass is 10.0. The van der Waals surface area contributed by atoms with Crippen LogP contribution in [0.1, 0.15) is 406 Å². The van der Waals surface area contributed by atoms with Gasteiger partial charge in [-0.25, -0.2) is 0 Å². The molecule has 0 saturated heterocycles. The van der Waals surface area contributed by atoms with Gasteiger partial charge in [0.1, 0.15) is 0 Å². The fourth-order valence-electron chi connectivity index (χ4n) is 11.4. The van der Waals surface area contributed by atoms with Gasteiger partial charge in [0.15, 0.2) is 0 Å². The van der Waals surface area contributed by atoms with Crippen LogP contribution in [0.2, 0.25) is 0 Å². The van der Waals surface area contributed by atoms with E-state index in [0.717, 1.165) is 38.5 Å². The van der Waals surface area contributed by atoms with Gasteiger partial charge >= 0.3 is 5.97 Å². The molecule has 0 aromatic rings. The van der Waals surface area contributed by atoms with Gasteiger partial charge in [0, 0.05) is 12.8 Å². The molecule has 2 unspecified atom stereocenters. The van der Waals surface area contributed by atoms with E-state index >= 15 is 0 Å². The molecule has 0 rings (SSSR count). The van der Waals surface area contributed by atoms with Gasteiger partial charge in [-0.15, -0.1) is 0 Å². The Morgan fingerprint density at radius 1 is 0.320 bits per heavy atom. The molecule has 0 saturated carbocycles. The van der Waals surface area contributed by atoms with E-state index in [-0.39, 0.29) is 18.5 Å². The van der Waals surface area contributed by atoms with E-state index in [1.807, 2.05) is 0 Å². The molecule has 3 N–H and O–H groups in total. The molecule has 6 nitrogen and oxygen atoms in total. The topological polar surface area (TPSA) is 95.9 Å². The summed E-state index contributed by atoms with van der Waals surface area (Å²) in [5, 5.41) is 23.4. The maximum atomic E-state index is 12.5. The zero-order valence-corrected chi connectivity index (χ0v) is 51.3. The summed E-state index contributed by atoms with van der Waals surface area (Å²) >= 11 is 0. The third kappa shape index (κ3) is 61.9. The van der Waals surface area contributed by atoms with Crippen LogP contribution in [-0.2, 0) is 14.3 Å². The number of esters is 1. The smallest absolute Gasteiger partial charge is 0.305 e. The van der Waals surface area contributed by atoms with E-state index in [1.165, 1.54) is 334 Å². The molecule has 0 heterocycles. The van der Waals surface area contributed by atoms with Crippen LogP contribution in [0.5, 0.6) is 0 Å². The summed E-state index contributed by atoms with van der Waals surface area (Å²) < 4.78 is 5.50. The lowest BCUT2D eigenvalue weighted by Crippen LogP contribution is -2.45. The summed E-state index contributed by atoms with van der Waals surface area (Å²) in [4.78, 5) is 24.6. The maximum absolute atomic E-state index is 12.5. The Balaban J connectivity index is 3.35. The van der Waals surface area contributed by atoms with Gasteiger partial charge in [-0.1, -0.05) is 367 Å². The molecule has 0 spiro atoms. The first-order valence-electron chi connectivity index (χ1n) is 34.8. The molecule has 0 aliphatic carbocycles. The van der Waals surface area contributed by atoms with Crippen molar-refractivity contribution in [3.63, 3.8) is 0 Å². The molecular weight excluding hydrogens is 923 g/mol. The first kappa shape index (κ1) is 73.9. The van der Waals surface area contributed by atoms with E-state index in [4.69, 9.17) is 4.74 Å². The SMILES string of the molecule is CCCCCCCCCCCCCCCCCCCCCC(O)C(CO)NC(=O)CCCCCCCCCCCCCCCCCCCCCCCCCCOC(=O)CCCCCCCCCCCCCCCCC. The van der Waals surface area contributed by atoms with Gasteiger partial charge in [-0.05, 0) is 25.7 Å². The van der Waals surface area contributed by atoms with Crippen molar-refractivity contribution in [1.82, 2.24) is 5.32 Å². The van der Waals surface area contributed by atoms with Crippen molar-refractivity contribution in [1.29, 1.82) is 0 Å². The lowest BCUT2D eigenvalue weighted by Gasteiger charge is -2.22. The monoisotopic (exact) mass is 1060 g/mol. The van der Waals surface area contributed by atoms with Gasteiger partial charge in [-0.2, -0.15) is 0 Å². The average Bonchev–Trinajstić information content (AvgIpc) is 3.41. The molecule has 0 aliphatic heterocycles. The van der Waals surface area contributed by atoms with Gasteiger partial charge < -0.3 is 20.3 Å². The highest BCUT2D eigenvalue weighted by Gasteiger charge is 2.20. The zero-order chi connectivity index (χ0) is 54.3. The average molecular weight is 1060 g/mol. The number of amides is 1. The number of hydrogen-bond acceptors (Lipinski definition) is 5. The number of carbonyl (C=O) groups is 2. The fourth-order valence-corrected chi connectivity index (χ4v) is 11.4. The minimum Gasteiger partial charge on any atom is -0.466 e. The Morgan fingerprint density at radius 2 is 0.547 bits per heavy atom. The van der Waals surface area contributed by atoms with Crippen LogP contribution in [0.4, 0.5) is 0 Å². The lowest BCUT2D eigenvalue weighted by molar-refractivity contribution is -0.143. The van der Waals surface area contributed by atoms with Crippen molar-refractivity contribution >= 4 is 11.9 Å². The highest BCUT2D eigenvalue weighted by molar-refractivity contribution is 5.76. The number of ether oxygens (including phenoxy) is 1. The summed E-state index contributed by atoms with van der Waals surface area (Å²) in [6, 6.07) is -0.540. The molecule has 75 heavy (non-hydrogen) atoms. The highest BCUT2D eigenvalue weighted by atomic mass is 16.5. The van der Waals surface area contributed by atoms with Crippen LogP contribution >= 0.6 is 0 Å². The first-order chi connectivity index (χ1) is 37.0. The van der Waals surface area contributed by atoms with Crippen LogP contribution in [-0.4, -0.2) is 47.4 Å². The maximum Gasteiger partial charge on any atom is 0.305 e. The molecular formula is C69H137NO5. The van der Waals surface area contributed by atoms with Gasteiger partial charge in [0.05, 0.1) is 25.4 Å². The molecule has 0 aromatic heterocycles. The third-order valence-corrected chi connectivity index (χ3v) is 16.7. The summed E-state index contributed by atoms with van der Waals surface area (Å²) in [5.74, 6) is -0.00906. The number of rotatable bonds is 66. The molecule has 0 fully saturated rings. The van der Waals surface area contributed by atoms with E-state index in [0.29, 0.717) is 25.9 Å². The van der Waals surface area contributed by atoms with Crippen LogP contribution < -0.4 is 5.32 Å². The molecule has 1 amide bonds. The Bertz CT molecular complexity index is 1080. The van der Waals surface area contributed by atoms with Gasteiger partial charge in [-0.3, -0.25) is 9.59 Å². The third-order valence-electron chi connectivity index (χ3n) is 16.7. The quantitative estimate of drug-likeness (QED) is 0.0417. The van der Waals surface area contributed by atoms with Crippen molar-refractivity contribution in [2.24, 2.45) is 0 Å². The molecule has 2 atom stereocenters. The minimum atomic E-state index is -0.663. The summed E-state index contributed by atoms with van der Waals surface area (Å²) in [6.45, 7) is 5.00. The van der Waals surface area contributed by atoms with Crippen molar-refractivity contribution < 1.29 is 24.5 Å². The van der Waals surface area contributed by atoms with Crippen molar-refractivity contribution in [2.45, 2.75) is 418 Å². The van der Waals surface area contributed by atoms with Gasteiger partial charge in [0.25, 0.3) is 0 Å². The second kappa shape index (κ2) is 65.4. The molecule has 448 valence electrons. The second-order valence-electron chi connectivity index (χ2n) is 24.2. The number of carbonyl (C=O) groups excluding carboxylic acids is 2. The molecule has 0 bridgehead atoms. The standard InChI is InChI=1S/C69H137NO5/c1-3-5-7-9-11-13-15-17-19-20-27-30-34-37-41-45-49-53-57-61-67(72)66(65-71)70-68(73)62-58-54-50-46-42-38-35-31-28-25-23-21-22-24-26-29-32-36-40-44-48-52-56-60-64-75-69(74)63-59-55-51-47-43-39-33-18-16-14-12-10-8-6-4-2/h66-67,71-72H,3-65H2,1-2H3,(H,70,73). The van der Waals surface area contributed by atoms with Crippen molar-refractivity contribution in [2.75, 3.05) is 13.2 Å². The normalized spacial score (nSPS) is 12.4. The highest BCUT2D eigenvalue weighted by Crippen LogP contribution is 2.19. The Kier molecular flexibility index (Phi) is 64.4. The first-order valence-corrected chi connectivity index (χ1v) is 34.8. The summed E-state index contributed by atoms with van der Waals surface area (Å²) in [6.07, 6.45) is 78.5. The Hall–Kier alpha value is -1.14. The van der Waals surface area contributed by atoms with Gasteiger partial charge in [0.2, 0.25) is 5.91 Å². The molecule has 6 heteroatoms. The summed E-state index contributed by atoms with van der Waals surface area (Å²) in [7, 11) is 0. The van der Waals surface area contributed by atoms with E-state index in [2.05, 4.69) is 19.2 Å². The number of aliphatic hydroxyl groups excluding tert-OH is 2. The summed E-state index contributed by atoms with van der Waals surface area (Å²) in [5.41, 5.74) is 0. The molecule has 0 aromatic carbocycles. The predicted octanol–water partition coefficient (Wildman–Crippen LogP) is 22.2. The van der Waals surface area contributed by atoms with E-state index in [1.54, 1.807) is 0 Å². The van der Waals surface area contributed by atoms with Crippen molar-refractivity contribution in [3.8, 4) is 0 Å². The molecule has 0 aliphatic rings. The number of hydrogen-bond donors (Lipinski definition) is 3. The van der Waals surface area contributed by atoms with Crippen LogP contribution in [0, 0.1) is 0 Å².